The maximum atomic E-state index is 13.5. The van der Waals surface area contributed by atoms with Crippen LogP contribution in [0.15, 0.2) is 73.1 Å². The van der Waals surface area contributed by atoms with Crippen LogP contribution in [-0.4, -0.2) is 30.6 Å². The average Bonchev–Trinajstić information content (AvgIpc) is 3.58. The van der Waals surface area contributed by atoms with Crippen LogP contribution in [0.5, 0.6) is 0 Å². The maximum absolute atomic E-state index is 13.5. The van der Waals surface area contributed by atoms with E-state index in [0.717, 1.165) is 34.9 Å². The molecule has 0 spiro atoms. The van der Waals surface area contributed by atoms with Crippen molar-refractivity contribution in [3.05, 3.63) is 89.9 Å². The Morgan fingerprint density at radius 2 is 1.95 bits per heavy atom. The molecular weight excluding hydrogens is 464 g/mol. The van der Waals surface area contributed by atoms with Gasteiger partial charge in [0, 0.05) is 30.4 Å². The number of benzene rings is 2. The summed E-state index contributed by atoms with van der Waals surface area (Å²) >= 11 is 0. The molecule has 1 fully saturated rings. The number of amides is 1. The van der Waals surface area contributed by atoms with E-state index in [1.54, 1.807) is 23.0 Å². The highest BCUT2D eigenvalue weighted by atomic mass is 16.2. The van der Waals surface area contributed by atoms with Crippen molar-refractivity contribution in [3.63, 3.8) is 0 Å². The lowest BCUT2D eigenvalue weighted by Gasteiger charge is -2.19. The third-order valence-electron chi connectivity index (χ3n) is 6.62. The lowest BCUT2D eigenvalue weighted by Crippen LogP contribution is -2.36. The molecule has 6 rings (SSSR count). The van der Waals surface area contributed by atoms with Gasteiger partial charge < -0.3 is 11.1 Å². The number of nitrogens with two attached hydrogens (primary N) is 1. The van der Waals surface area contributed by atoms with Gasteiger partial charge in [0.15, 0.2) is 11.5 Å². The molecule has 1 saturated carbocycles. The Balaban J connectivity index is 1.44. The third-order valence-corrected chi connectivity index (χ3v) is 6.62. The van der Waals surface area contributed by atoms with Crippen LogP contribution in [0.25, 0.3) is 33.5 Å². The van der Waals surface area contributed by atoms with Crippen molar-refractivity contribution in [1.29, 1.82) is 5.26 Å². The van der Waals surface area contributed by atoms with Crippen molar-refractivity contribution in [2.45, 2.75) is 18.4 Å². The number of rotatable bonds is 5. The van der Waals surface area contributed by atoms with Gasteiger partial charge in [-0.3, -0.25) is 14.5 Å². The number of fused-ring (bicyclic) bond motifs is 1. The molecule has 1 aliphatic rings. The summed E-state index contributed by atoms with van der Waals surface area (Å²) in [5, 5.41) is 17.8. The first-order valence-electron chi connectivity index (χ1n) is 11.8. The zero-order valence-electron chi connectivity index (χ0n) is 20.0. The van der Waals surface area contributed by atoms with E-state index in [9.17, 15) is 10.1 Å². The first-order valence-corrected chi connectivity index (χ1v) is 11.8. The Morgan fingerprint density at radius 1 is 1.08 bits per heavy atom. The number of nitrogen functional groups attached to an aromatic ring is 1. The molecule has 9 nitrogen and oxygen atoms in total. The number of aromatic nitrogens is 5. The van der Waals surface area contributed by atoms with E-state index >= 15 is 0 Å². The standard InChI is InChI=1S/C28H22N8O/c1-36-13-9-22(35-36)24-23(19-7-8-21-18(15-19)5-3-12-31-21)32-25(26(30)33-24)27(37)34-28(10-11-28)20-6-2-4-17(14-20)16-29/h2-9,12-15H,10-11H2,1H3,(H2,30,33)(H,34,37). The summed E-state index contributed by atoms with van der Waals surface area (Å²) in [6, 6.07) is 20.9. The van der Waals surface area contributed by atoms with Crippen LogP contribution in [0.2, 0.25) is 0 Å². The van der Waals surface area contributed by atoms with E-state index < -0.39 is 11.4 Å². The van der Waals surface area contributed by atoms with Gasteiger partial charge in [0.25, 0.3) is 5.91 Å². The topological polar surface area (TPSA) is 135 Å². The normalized spacial score (nSPS) is 13.7. The second kappa shape index (κ2) is 8.53. The summed E-state index contributed by atoms with van der Waals surface area (Å²) in [5.41, 5.74) is 10.4. The summed E-state index contributed by atoms with van der Waals surface area (Å²) in [6.45, 7) is 0. The maximum Gasteiger partial charge on any atom is 0.274 e. The summed E-state index contributed by atoms with van der Waals surface area (Å²) in [7, 11) is 1.82. The number of hydrogen-bond acceptors (Lipinski definition) is 7. The number of nitrogens with zero attached hydrogens (tertiary/aromatic N) is 6. The number of nitriles is 1. The molecule has 1 amide bonds. The lowest BCUT2D eigenvalue weighted by atomic mass is 10.0. The molecule has 0 atom stereocenters. The Bertz CT molecular complexity index is 1730. The van der Waals surface area contributed by atoms with E-state index in [1.165, 1.54) is 0 Å². The molecule has 0 radical (unpaired) electrons. The monoisotopic (exact) mass is 486 g/mol. The highest BCUT2D eigenvalue weighted by Gasteiger charge is 2.46. The number of anilines is 1. The average molecular weight is 487 g/mol. The fraction of sp³-hybridized carbons (Fsp3) is 0.143. The molecule has 5 aromatic rings. The number of pyridine rings is 1. The highest BCUT2D eigenvalue weighted by Crippen LogP contribution is 2.46. The third kappa shape index (κ3) is 4.04. The summed E-state index contributed by atoms with van der Waals surface area (Å²) in [5.74, 6) is -0.396. The predicted molar refractivity (Wildman–Crippen MR) is 139 cm³/mol. The smallest absolute Gasteiger partial charge is 0.274 e. The van der Waals surface area contributed by atoms with Crippen molar-refractivity contribution in [2.24, 2.45) is 7.05 Å². The van der Waals surface area contributed by atoms with Crippen molar-refractivity contribution in [2.75, 3.05) is 5.73 Å². The van der Waals surface area contributed by atoms with Gasteiger partial charge >= 0.3 is 0 Å². The first-order chi connectivity index (χ1) is 18.0. The zero-order chi connectivity index (χ0) is 25.6. The molecule has 37 heavy (non-hydrogen) atoms. The van der Waals surface area contributed by atoms with Crippen LogP contribution >= 0.6 is 0 Å². The van der Waals surface area contributed by atoms with Crippen molar-refractivity contribution in [3.8, 4) is 28.7 Å². The van der Waals surface area contributed by atoms with E-state index in [1.807, 2.05) is 61.8 Å². The highest BCUT2D eigenvalue weighted by molar-refractivity contribution is 5.99. The molecule has 3 aromatic heterocycles. The SMILES string of the molecule is Cn1ccc(-c2nc(N)c(C(=O)NC3(c4cccc(C#N)c4)CC3)nc2-c2ccc3ncccc3c2)n1. The Labute approximate surface area is 212 Å². The minimum Gasteiger partial charge on any atom is -0.382 e. The lowest BCUT2D eigenvalue weighted by molar-refractivity contribution is 0.0926. The van der Waals surface area contributed by atoms with Gasteiger partial charge in [-0.15, -0.1) is 0 Å². The molecule has 9 heteroatoms. The summed E-state index contributed by atoms with van der Waals surface area (Å²) < 4.78 is 1.67. The van der Waals surface area contributed by atoms with Crippen LogP contribution in [-0.2, 0) is 12.6 Å². The summed E-state index contributed by atoms with van der Waals surface area (Å²) in [4.78, 5) is 27.3. The minimum absolute atomic E-state index is 0.0194. The molecule has 180 valence electrons. The molecular formula is C28H22N8O. The van der Waals surface area contributed by atoms with Crippen molar-refractivity contribution < 1.29 is 4.79 Å². The minimum atomic E-state index is -0.549. The molecule has 3 N–H and O–H groups in total. The Kier molecular flexibility index (Phi) is 5.16. The fourth-order valence-corrected chi connectivity index (χ4v) is 4.53. The predicted octanol–water partition coefficient (Wildman–Crippen LogP) is 3.97. The Hall–Kier alpha value is -5.10. The van der Waals surface area contributed by atoms with Gasteiger partial charge in [-0.1, -0.05) is 24.3 Å². The number of carbonyl (C=O) groups excluding carboxylic acids is 1. The van der Waals surface area contributed by atoms with Gasteiger partial charge in [-0.05, 0) is 54.8 Å². The van der Waals surface area contributed by atoms with Crippen LogP contribution in [0.4, 0.5) is 5.82 Å². The molecule has 3 heterocycles. The van der Waals surface area contributed by atoms with E-state index in [4.69, 9.17) is 10.7 Å². The van der Waals surface area contributed by atoms with Crippen molar-refractivity contribution in [1.82, 2.24) is 30.0 Å². The Morgan fingerprint density at radius 3 is 2.70 bits per heavy atom. The molecule has 0 saturated heterocycles. The number of aryl methyl sites for hydroxylation is 1. The molecule has 0 unspecified atom stereocenters. The van der Waals surface area contributed by atoms with E-state index in [0.29, 0.717) is 22.6 Å². The fourth-order valence-electron chi connectivity index (χ4n) is 4.53. The van der Waals surface area contributed by atoms with Crippen LogP contribution in [0.3, 0.4) is 0 Å². The molecule has 2 aromatic carbocycles. The van der Waals surface area contributed by atoms with Crippen molar-refractivity contribution >= 4 is 22.6 Å². The zero-order valence-corrected chi connectivity index (χ0v) is 20.0. The van der Waals surface area contributed by atoms with Gasteiger partial charge in [-0.2, -0.15) is 10.4 Å². The second-order valence-corrected chi connectivity index (χ2v) is 9.17. The number of nitrogens with one attached hydrogen (secondary N) is 1. The first kappa shape index (κ1) is 22.4. The molecule has 0 aliphatic heterocycles. The second-order valence-electron chi connectivity index (χ2n) is 9.17. The van der Waals surface area contributed by atoms with Crippen LogP contribution in [0, 0.1) is 11.3 Å². The molecule has 0 bridgehead atoms. The van der Waals surface area contributed by atoms with Gasteiger partial charge in [0.05, 0.1) is 28.4 Å². The van der Waals surface area contributed by atoms with E-state index in [2.05, 4.69) is 26.5 Å². The molecule has 1 aliphatic carbocycles. The quantitative estimate of drug-likeness (QED) is 0.384. The van der Waals surface area contributed by atoms with Gasteiger partial charge in [0.1, 0.15) is 11.4 Å². The van der Waals surface area contributed by atoms with Crippen LogP contribution < -0.4 is 11.1 Å². The van der Waals surface area contributed by atoms with Gasteiger partial charge in [0.2, 0.25) is 0 Å². The van der Waals surface area contributed by atoms with Gasteiger partial charge in [-0.25, -0.2) is 9.97 Å². The summed E-state index contributed by atoms with van der Waals surface area (Å²) in [6.07, 6.45) is 5.08. The largest absolute Gasteiger partial charge is 0.382 e. The number of hydrogen-bond donors (Lipinski definition) is 2. The van der Waals surface area contributed by atoms with Crippen LogP contribution in [0.1, 0.15) is 34.5 Å². The van der Waals surface area contributed by atoms with E-state index in [-0.39, 0.29) is 11.5 Å². The number of carbonyl (C=O) groups is 1.